The molecule has 0 atom stereocenters. The number of nitrogens with zero attached hydrogens (tertiary/aromatic N) is 1. The number of amides is 1. The lowest BCUT2D eigenvalue weighted by Crippen LogP contribution is -2.27. The van der Waals surface area contributed by atoms with E-state index >= 15 is 0 Å². The van der Waals surface area contributed by atoms with Crippen LogP contribution in [-0.2, 0) is 4.74 Å². The normalized spacial score (nSPS) is 11.2. The second kappa shape index (κ2) is 6.35. The van der Waals surface area contributed by atoms with E-state index in [1.807, 2.05) is 19.9 Å². The first kappa shape index (κ1) is 17.5. The molecule has 0 aliphatic carbocycles. The zero-order chi connectivity index (χ0) is 18.1. The van der Waals surface area contributed by atoms with Crippen molar-refractivity contribution in [1.29, 1.82) is 0 Å². The van der Waals surface area contributed by atoms with Gasteiger partial charge in [-0.15, -0.1) is 0 Å². The zero-order valence-electron chi connectivity index (χ0n) is 14.4. The molecule has 1 aromatic heterocycles. The Morgan fingerprint density at radius 1 is 1.21 bits per heavy atom. The van der Waals surface area contributed by atoms with Gasteiger partial charge in [0.25, 0.3) is 0 Å². The lowest BCUT2D eigenvalue weighted by molar-refractivity contribution is 0.0633. The van der Waals surface area contributed by atoms with Gasteiger partial charge in [0.15, 0.2) is 0 Å². The van der Waals surface area contributed by atoms with Crippen molar-refractivity contribution in [3.8, 4) is 11.3 Å². The number of carbonyl (C=O) groups is 2. The minimum absolute atomic E-state index is 0.00452. The average molecular weight is 331 g/mol. The summed E-state index contributed by atoms with van der Waals surface area (Å²) < 4.78 is 5.27. The molecule has 2 rings (SSSR count). The summed E-state index contributed by atoms with van der Waals surface area (Å²) in [5, 5.41) is 18.2. The van der Waals surface area contributed by atoms with Crippen LogP contribution in [0.5, 0.6) is 0 Å². The molecule has 0 fully saturated rings. The highest BCUT2D eigenvalue weighted by atomic mass is 16.6. The molecule has 2 aromatic rings. The summed E-state index contributed by atoms with van der Waals surface area (Å²) in [6, 6.07) is 5.08. The smallest absolute Gasteiger partial charge is 0.412 e. The Morgan fingerprint density at radius 2 is 1.88 bits per heavy atom. The molecule has 7 nitrogen and oxygen atoms in total. The molecule has 0 aliphatic rings. The van der Waals surface area contributed by atoms with E-state index in [1.165, 1.54) is 6.07 Å². The molecular formula is C17H21N3O4. The number of benzene rings is 1. The first-order valence-corrected chi connectivity index (χ1v) is 7.47. The maximum absolute atomic E-state index is 12.0. The van der Waals surface area contributed by atoms with E-state index in [9.17, 15) is 9.59 Å². The third kappa shape index (κ3) is 4.13. The number of anilines is 1. The summed E-state index contributed by atoms with van der Waals surface area (Å²) in [4.78, 5) is 23.0. The SMILES string of the molecule is Cc1cc(-c2cc(C(=O)O)[nH]n2)cc(NC(=O)OC(C)(C)C)c1C. The molecule has 0 bridgehead atoms. The summed E-state index contributed by atoms with van der Waals surface area (Å²) in [7, 11) is 0. The largest absolute Gasteiger partial charge is 0.477 e. The number of carboxylic acid groups (broad SMARTS) is 1. The Labute approximate surface area is 140 Å². The van der Waals surface area contributed by atoms with Crippen LogP contribution in [0.2, 0.25) is 0 Å². The molecule has 1 heterocycles. The Hall–Kier alpha value is -2.83. The topological polar surface area (TPSA) is 104 Å². The van der Waals surface area contributed by atoms with Crippen LogP contribution in [0.3, 0.4) is 0 Å². The molecule has 3 N–H and O–H groups in total. The second-order valence-corrected chi connectivity index (χ2v) is 6.56. The van der Waals surface area contributed by atoms with Crippen molar-refractivity contribution in [3.05, 3.63) is 35.0 Å². The average Bonchev–Trinajstić information content (AvgIpc) is 2.91. The molecule has 7 heteroatoms. The summed E-state index contributed by atoms with van der Waals surface area (Å²) >= 11 is 0. The Balaban J connectivity index is 2.34. The Bertz CT molecular complexity index is 788. The van der Waals surface area contributed by atoms with Gasteiger partial charge in [-0.25, -0.2) is 9.59 Å². The second-order valence-electron chi connectivity index (χ2n) is 6.56. The van der Waals surface area contributed by atoms with E-state index in [0.29, 0.717) is 16.9 Å². The van der Waals surface area contributed by atoms with Gasteiger partial charge in [0.05, 0.1) is 5.69 Å². The highest BCUT2D eigenvalue weighted by Crippen LogP contribution is 2.28. The number of carboxylic acids is 1. The summed E-state index contributed by atoms with van der Waals surface area (Å²) in [5.41, 5.74) is 3.04. The molecule has 0 saturated heterocycles. The number of carbonyl (C=O) groups excluding carboxylic acids is 1. The Kier molecular flexibility index (Phi) is 4.64. The van der Waals surface area contributed by atoms with Gasteiger partial charge in [-0.05, 0) is 63.9 Å². The minimum atomic E-state index is -1.08. The van der Waals surface area contributed by atoms with Crippen LogP contribution in [0, 0.1) is 13.8 Å². The first-order chi connectivity index (χ1) is 11.1. The first-order valence-electron chi connectivity index (χ1n) is 7.47. The zero-order valence-corrected chi connectivity index (χ0v) is 14.4. The van der Waals surface area contributed by atoms with Crippen LogP contribution >= 0.6 is 0 Å². The van der Waals surface area contributed by atoms with E-state index < -0.39 is 17.7 Å². The number of H-pyrrole nitrogens is 1. The molecule has 0 spiro atoms. The van der Waals surface area contributed by atoms with Gasteiger partial charge in [0.2, 0.25) is 0 Å². The number of aromatic carboxylic acids is 1. The third-order valence-electron chi connectivity index (χ3n) is 3.41. The molecule has 0 unspecified atom stereocenters. The van der Waals surface area contributed by atoms with Crippen molar-refractivity contribution in [2.24, 2.45) is 0 Å². The predicted octanol–water partition coefficient (Wildman–Crippen LogP) is 3.74. The predicted molar refractivity (Wildman–Crippen MR) is 90.3 cm³/mol. The van der Waals surface area contributed by atoms with Gasteiger partial charge in [-0.3, -0.25) is 10.4 Å². The van der Waals surface area contributed by atoms with Crippen molar-refractivity contribution in [2.75, 3.05) is 5.32 Å². The number of aromatic nitrogens is 2. The number of rotatable bonds is 3. The summed E-state index contributed by atoms with van der Waals surface area (Å²) in [6.07, 6.45) is -0.546. The van der Waals surface area contributed by atoms with E-state index in [1.54, 1.807) is 26.8 Å². The van der Waals surface area contributed by atoms with Gasteiger partial charge < -0.3 is 9.84 Å². The summed E-state index contributed by atoms with van der Waals surface area (Å²) in [5.74, 6) is -1.08. The standard InChI is InChI=1S/C17H21N3O4/c1-9-6-11(13-8-14(15(21)22)20-19-13)7-12(10(9)2)18-16(23)24-17(3,4)5/h6-8H,1-5H3,(H,18,23)(H,19,20)(H,21,22). The quantitative estimate of drug-likeness (QED) is 0.794. The molecular weight excluding hydrogens is 310 g/mol. The fraction of sp³-hybridized carbons (Fsp3) is 0.353. The maximum atomic E-state index is 12.0. The number of aryl methyl sites for hydroxylation is 1. The van der Waals surface area contributed by atoms with E-state index in [-0.39, 0.29) is 5.69 Å². The molecule has 24 heavy (non-hydrogen) atoms. The fourth-order valence-electron chi connectivity index (χ4n) is 2.13. The number of aromatic amines is 1. The van der Waals surface area contributed by atoms with Crippen LogP contribution in [0.1, 0.15) is 42.4 Å². The highest BCUT2D eigenvalue weighted by molar-refractivity contribution is 5.89. The highest BCUT2D eigenvalue weighted by Gasteiger charge is 2.18. The number of nitrogens with one attached hydrogen (secondary N) is 2. The maximum Gasteiger partial charge on any atom is 0.412 e. The minimum Gasteiger partial charge on any atom is -0.477 e. The number of ether oxygens (including phenoxy) is 1. The molecule has 1 aromatic carbocycles. The number of hydrogen-bond acceptors (Lipinski definition) is 4. The van der Waals surface area contributed by atoms with Gasteiger partial charge >= 0.3 is 12.1 Å². The van der Waals surface area contributed by atoms with Gasteiger partial charge in [0, 0.05) is 11.3 Å². The number of hydrogen-bond donors (Lipinski definition) is 3. The van der Waals surface area contributed by atoms with Crippen LogP contribution < -0.4 is 5.32 Å². The molecule has 0 aliphatic heterocycles. The lowest BCUT2D eigenvalue weighted by Gasteiger charge is -2.20. The van der Waals surface area contributed by atoms with Crippen molar-refractivity contribution < 1.29 is 19.4 Å². The van der Waals surface area contributed by atoms with Crippen molar-refractivity contribution >= 4 is 17.7 Å². The molecule has 0 saturated carbocycles. The van der Waals surface area contributed by atoms with Crippen LogP contribution in [0.15, 0.2) is 18.2 Å². The summed E-state index contributed by atoms with van der Waals surface area (Å²) in [6.45, 7) is 9.16. The van der Waals surface area contributed by atoms with Gasteiger partial charge in [0.1, 0.15) is 11.3 Å². The van der Waals surface area contributed by atoms with Gasteiger partial charge in [-0.2, -0.15) is 5.10 Å². The van der Waals surface area contributed by atoms with Crippen LogP contribution in [0.25, 0.3) is 11.3 Å². The van der Waals surface area contributed by atoms with Crippen molar-refractivity contribution in [3.63, 3.8) is 0 Å². The van der Waals surface area contributed by atoms with E-state index in [4.69, 9.17) is 9.84 Å². The van der Waals surface area contributed by atoms with Crippen molar-refractivity contribution in [2.45, 2.75) is 40.2 Å². The van der Waals surface area contributed by atoms with Gasteiger partial charge in [-0.1, -0.05) is 0 Å². The molecule has 1 amide bonds. The van der Waals surface area contributed by atoms with Crippen LogP contribution in [0.4, 0.5) is 10.5 Å². The van der Waals surface area contributed by atoms with Crippen LogP contribution in [-0.4, -0.2) is 33.0 Å². The molecule has 128 valence electrons. The third-order valence-corrected chi connectivity index (χ3v) is 3.41. The Morgan fingerprint density at radius 3 is 2.42 bits per heavy atom. The van der Waals surface area contributed by atoms with E-state index in [2.05, 4.69) is 15.5 Å². The molecule has 0 radical (unpaired) electrons. The monoisotopic (exact) mass is 331 g/mol. The van der Waals surface area contributed by atoms with E-state index in [0.717, 1.165) is 11.1 Å². The van der Waals surface area contributed by atoms with Crippen molar-refractivity contribution in [1.82, 2.24) is 10.2 Å². The lowest BCUT2D eigenvalue weighted by atomic mass is 10.0. The fourth-order valence-corrected chi connectivity index (χ4v) is 2.13.